The van der Waals surface area contributed by atoms with Gasteiger partial charge in [0.15, 0.2) is 5.82 Å². The van der Waals surface area contributed by atoms with Gasteiger partial charge in [0.1, 0.15) is 29.6 Å². The highest BCUT2D eigenvalue weighted by Gasteiger charge is 2.19. The molecule has 1 aromatic carbocycles. The number of carbonyl (C=O) groups is 2. The van der Waals surface area contributed by atoms with E-state index in [9.17, 15) is 14.0 Å². The van der Waals surface area contributed by atoms with Crippen molar-refractivity contribution in [2.75, 3.05) is 7.04 Å². The molecule has 0 unspecified atom stereocenters. The Bertz CT molecular complexity index is 670. The Morgan fingerprint density at radius 3 is 2.89 bits per heavy atom. The van der Waals surface area contributed by atoms with Crippen LogP contribution in [0.3, 0.4) is 0 Å². The van der Waals surface area contributed by atoms with Crippen LogP contribution in [-0.2, 0) is 16.0 Å². The number of benzene rings is 1. The van der Waals surface area contributed by atoms with Crippen LogP contribution in [0.1, 0.15) is 21.7 Å². The Hall–Kier alpha value is -1.94. The molecule has 0 aromatic heterocycles. The molecule has 0 saturated carbocycles. The molecule has 1 rings (SSSR count). The minimum absolute atomic E-state index is 0.0120. The summed E-state index contributed by atoms with van der Waals surface area (Å²) in [5.74, 6) is -3.67. The molecule has 0 atom stereocenters. The summed E-state index contributed by atoms with van der Waals surface area (Å²) in [4.78, 5) is 22.0. The Morgan fingerprint density at radius 2 is 2.37 bits per heavy atom. The van der Waals surface area contributed by atoms with Gasteiger partial charge >= 0.3 is 5.97 Å². The van der Waals surface area contributed by atoms with Gasteiger partial charge in [0.05, 0.1) is 15.6 Å². The summed E-state index contributed by atoms with van der Waals surface area (Å²) < 4.78 is 39.4. The van der Waals surface area contributed by atoms with Gasteiger partial charge in [0.2, 0.25) is 0 Å². The number of carbonyl (C=O) groups excluding carboxylic acids is 1. The molecule has 1 aromatic rings. The quantitative estimate of drug-likeness (QED) is 0.834. The standard InChI is InChI=1S/C12H9BrFNO4/c1-19-9-3-6(2-7(16)4-10(17)18)11(13)12(14)8(9)5-15/h3H,2,4H2,1H3,(H,17,18)/i1D3. The number of nitriles is 1. The van der Waals surface area contributed by atoms with E-state index in [1.807, 2.05) is 0 Å². The molecule has 5 nitrogen and oxygen atoms in total. The SMILES string of the molecule is [2H]C([2H])([2H])Oc1cc(CC(=O)CC(=O)O)c(Br)c(F)c1C#N. The Morgan fingerprint density at radius 1 is 1.68 bits per heavy atom. The van der Waals surface area contributed by atoms with Gasteiger partial charge in [-0.3, -0.25) is 9.59 Å². The fourth-order valence-electron chi connectivity index (χ4n) is 1.41. The van der Waals surface area contributed by atoms with E-state index in [4.69, 9.17) is 14.5 Å². The predicted molar refractivity (Wildman–Crippen MR) is 66.3 cm³/mol. The summed E-state index contributed by atoms with van der Waals surface area (Å²) >= 11 is 2.86. The number of ether oxygens (including phenoxy) is 1. The molecule has 0 spiro atoms. The van der Waals surface area contributed by atoms with Crippen LogP contribution >= 0.6 is 15.9 Å². The highest BCUT2D eigenvalue weighted by atomic mass is 79.9. The van der Waals surface area contributed by atoms with Crippen molar-refractivity contribution in [2.45, 2.75) is 12.8 Å². The second kappa shape index (κ2) is 6.29. The number of carboxylic acid groups (broad SMARTS) is 1. The molecule has 0 aliphatic heterocycles. The molecule has 19 heavy (non-hydrogen) atoms. The van der Waals surface area contributed by atoms with E-state index < -0.39 is 48.8 Å². The van der Waals surface area contributed by atoms with Crippen LogP contribution in [-0.4, -0.2) is 23.9 Å². The smallest absolute Gasteiger partial charge is 0.310 e. The van der Waals surface area contributed by atoms with Crippen LogP contribution in [0.25, 0.3) is 0 Å². The number of methoxy groups -OCH3 is 1. The number of hydrogen-bond donors (Lipinski definition) is 1. The second-order valence-electron chi connectivity index (χ2n) is 3.54. The van der Waals surface area contributed by atoms with Crippen LogP contribution in [0.15, 0.2) is 10.5 Å². The number of ketones is 1. The van der Waals surface area contributed by atoms with E-state index >= 15 is 0 Å². The predicted octanol–water partition coefficient (Wildman–Crippen LogP) is 2.05. The Balaban J connectivity index is 3.27. The van der Waals surface area contributed by atoms with Crippen LogP contribution in [0.2, 0.25) is 0 Å². The zero-order valence-electron chi connectivity index (χ0n) is 12.4. The normalized spacial score (nSPS) is 12.8. The first-order valence-corrected chi connectivity index (χ1v) is 5.68. The van der Waals surface area contributed by atoms with Gasteiger partial charge < -0.3 is 9.84 Å². The number of halogens is 2. The Labute approximate surface area is 120 Å². The number of rotatable bonds is 5. The molecule has 0 fully saturated rings. The maximum Gasteiger partial charge on any atom is 0.310 e. The van der Waals surface area contributed by atoms with Gasteiger partial charge in [-0.1, -0.05) is 0 Å². The van der Waals surface area contributed by atoms with Crippen molar-refractivity contribution in [3.05, 3.63) is 27.5 Å². The van der Waals surface area contributed by atoms with E-state index in [1.165, 1.54) is 6.07 Å². The van der Waals surface area contributed by atoms with Crippen LogP contribution < -0.4 is 4.74 Å². The molecular weight excluding hydrogens is 321 g/mol. The molecule has 0 amide bonds. The monoisotopic (exact) mass is 332 g/mol. The number of carboxylic acids is 1. The van der Waals surface area contributed by atoms with E-state index in [0.717, 1.165) is 6.07 Å². The molecule has 100 valence electrons. The molecule has 7 heteroatoms. The summed E-state index contributed by atoms with van der Waals surface area (Å²) in [5.41, 5.74) is -0.639. The van der Waals surface area contributed by atoms with Gasteiger partial charge in [-0.05, 0) is 27.6 Å². The zero-order chi connectivity index (χ0) is 17.1. The van der Waals surface area contributed by atoms with Crippen molar-refractivity contribution >= 4 is 27.7 Å². The molecular formula is C12H9BrFNO4. The van der Waals surface area contributed by atoms with Crippen molar-refractivity contribution < 1.29 is 27.9 Å². The third-order valence-electron chi connectivity index (χ3n) is 2.20. The lowest BCUT2D eigenvalue weighted by Crippen LogP contribution is -2.10. The highest BCUT2D eigenvalue weighted by molar-refractivity contribution is 9.10. The summed E-state index contributed by atoms with van der Waals surface area (Å²) in [7, 11) is -2.91. The van der Waals surface area contributed by atoms with Crippen LogP contribution in [0.4, 0.5) is 4.39 Å². The van der Waals surface area contributed by atoms with Crippen molar-refractivity contribution in [1.82, 2.24) is 0 Å². The first-order valence-electron chi connectivity index (χ1n) is 6.38. The summed E-state index contributed by atoms with van der Waals surface area (Å²) in [6, 6.07) is 2.51. The van der Waals surface area contributed by atoms with E-state index in [1.54, 1.807) is 0 Å². The van der Waals surface area contributed by atoms with Crippen molar-refractivity contribution in [3.63, 3.8) is 0 Å². The highest BCUT2D eigenvalue weighted by Crippen LogP contribution is 2.31. The fraction of sp³-hybridized carbons (Fsp3) is 0.250. The first kappa shape index (κ1) is 10.9. The zero-order valence-corrected chi connectivity index (χ0v) is 11.0. The number of aliphatic carboxylic acids is 1. The van der Waals surface area contributed by atoms with Crippen LogP contribution in [0, 0.1) is 17.1 Å². The molecule has 0 saturated heterocycles. The van der Waals surface area contributed by atoms with Gasteiger partial charge in [-0.25, -0.2) is 4.39 Å². The average molecular weight is 333 g/mol. The molecule has 1 N–H and O–H groups in total. The van der Waals surface area contributed by atoms with Crippen molar-refractivity contribution in [3.8, 4) is 11.8 Å². The summed E-state index contributed by atoms with van der Waals surface area (Å²) in [6.45, 7) is 0. The molecule has 0 aliphatic rings. The second-order valence-corrected chi connectivity index (χ2v) is 4.33. The topological polar surface area (TPSA) is 87.4 Å². The molecule has 0 bridgehead atoms. The number of nitrogens with zero attached hydrogens (tertiary/aromatic N) is 1. The van der Waals surface area contributed by atoms with Gasteiger partial charge in [-0.2, -0.15) is 5.26 Å². The maximum atomic E-state index is 14.1. The van der Waals surface area contributed by atoms with Gasteiger partial charge in [-0.15, -0.1) is 0 Å². The molecule has 0 aliphatic carbocycles. The van der Waals surface area contributed by atoms with Crippen LogP contribution in [0.5, 0.6) is 5.75 Å². The molecule has 0 radical (unpaired) electrons. The van der Waals surface area contributed by atoms with E-state index in [-0.39, 0.29) is 10.0 Å². The lowest BCUT2D eigenvalue weighted by atomic mass is 10.0. The minimum atomic E-state index is -2.91. The van der Waals surface area contributed by atoms with E-state index in [2.05, 4.69) is 20.7 Å². The summed E-state index contributed by atoms with van der Waals surface area (Å²) in [5, 5.41) is 17.4. The maximum absolute atomic E-state index is 14.1. The lowest BCUT2D eigenvalue weighted by molar-refractivity contribution is -0.140. The number of hydrogen-bond acceptors (Lipinski definition) is 4. The third-order valence-corrected chi connectivity index (χ3v) is 3.06. The average Bonchev–Trinajstić information content (AvgIpc) is 2.33. The summed E-state index contributed by atoms with van der Waals surface area (Å²) in [6.07, 6.45) is -1.21. The van der Waals surface area contributed by atoms with Crippen molar-refractivity contribution in [2.24, 2.45) is 0 Å². The van der Waals surface area contributed by atoms with E-state index in [0.29, 0.717) is 0 Å². The molecule has 0 heterocycles. The Kier molecular flexibility index (Phi) is 3.62. The van der Waals surface area contributed by atoms with Gasteiger partial charge in [0, 0.05) is 6.42 Å². The van der Waals surface area contributed by atoms with Crippen molar-refractivity contribution in [1.29, 1.82) is 5.26 Å². The fourth-order valence-corrected chi connectivity index (χ4v) is 1.86. The lowest BCUT2D eigenvalue weighted by Gasteiger charge is -2.10. The first-order chi connectivity index (χ1) is 10.0. The largest absolute Gasteiger partial charge is 0.495 e. The number of Topliss-reactive ketones (excluding diaryl/α,β-unsaturated/α-hetero) is 1. The third kappa shape index (κ3) is 3.51. The minimum Gasteiger partial charge on any atom is -0.495 e. The van der Waals surface area contributed by atoms with Gasteiger partial charge in [0.25, 0.3) is 0 Å².